The number of ether oxygens (including phenoxy) is 2. The van der Waals surface area contributed by atoms with E-state index in [0.717, 1.165) is 16.7 Å². The Morgan fingerprint density at radius 3 is 2.77 bits per heavy atom. The van der Waals surface area contributed by atoms with Crippen molar-refractivity contribution in [2.75, 3.05) is 13.7 Å². The van der Waals surface area contributed by atoms with Gasteiger partial charge in [0.25, 0.3) is 5.56 Å². The van der Waals surface area contributed by atoms with Crippen LogP contribution in [0.2, 0.25) is 0 Å². The molecule has 0 aliphatic rings. The van der Waals surface area contributed by atoms with Gasteiger partial charge in [-0.1, -0.05) is 0 Å². The van der Waals surface area contributed by atoms with Crippen LogP contribution >= 0.6 is 0 Å². The largest absolute Gasteiger partial charge is 0.573 e. The van der Waals surface area contributed by atoms with Gasteiger partial charge in [-0.3, -0.25) is 9.36 Å². The summed E-state index contributed by atoms with van der Waals surface area (Å²) in [5.74, 6) is -0.505. The average molecular weight is 318 g/mol. The Labute approximate surface area is 122 Å². The van der Waals surface area contributed by atoms with Gasteiger partial charge in [-0.15, -0.1) is 13.2 Å². The number of aromatic nitrogens is 2. The molecule has 0 radical (unpaired) electrons. The van der Waals surface area contributed by atoms with Crippen LogP contribution < -0.4 is 10.3 Å². The van der Waals surface area contributed by atoms with E-state index in [1.54, 1.807) is 0 Å². The Kier molecular flexibility index (Phi) is 4.67. The zero-order valence-corrected chi connectivity index (χ0v) is 11.5. The number of fused-ring (bicyclic) bond motifs is 1. The standard InChI is InChI=1S/C13H13F3N2O4/c1-21-6-8(19)5-18-7-17-11-3-2-9(22-13(14,15)16)4-10(11)12(18)20/h2-4,7-8,19H,5-6H2,1H3/t8-/m1/s1. The van der Waals surface area contributed by atoms with E-state index in [2.05, 4.69) is 9.72 Å². The van der Waals surface area contributed by atoms with Crippen LogP contribution in [0.4, 0.5) is 13.2 Å². The average Bonchev–Trinajstić information content (AvgIpc) is 2.41. The van der Waals surface area contributed by atoms with Gasteiger partial charge >= 0.3 is 6.36 Å². The van der Waals surface area contributed by atoms with Crippen LogP contribution in [0.1, 0.15) is 0 Å². The quantitative estimate of drug-likeness (QED) is 0.899. The fourth-order valence-electron chi connectivity index (χ4n) is 1.94. The number of hydrogen-bond donors (Lipinski definition) is 1. The van der Waals surface area contributed by atoms with E-state index in [9.17, 15) is 23.1 Å². The Balaban J connectivity index is 2.38. The smallest absolute Gasteiger partial charge is 0.406 e. The number of nitrogens with zero attached hydrogens (tertiary/aromatic N) is 2. The predicted octanol–water partition coefficient (Wildman–Crippen LogP) is 1.30. The molecule has 0 bridgehead atoms. The van der Waals surface area contributed by atoms with Crippen LogP contribution in [0.25, 0.3) is 10.9 Å². The zero-order valence-electron chi connectivity index (χ0n) is 11.5. The second kappa shape index (κ2) is 6.32. The van der Waals surface area contributed by atoms with Crippen molar-refractivity contribution in [2.45, 2.75) is 19.0 Å². The molecule has 6 nitrogen and oxygen atoms in total. The molecule has 22 heavy (non-hydrogen) atoms. The van der Waals surface area contributed by atoms with Crippen LogP contribution in [0, 0.1) is 0 Å². The van der Waals surface area contributed by atoms with Crippen molar-refractivity contribution in [1.29, 1.82) is 0 Å². The lowest BCUT2D eigenvalue weighted by atomic mass is 10.2. The van der Waals surface area contributed by atoms with Gasteiger partial charge in [0.1, 0.15) is 5.75 Å². The van der Waals surface area contributed by atoms with Crippen molar-refractivity contribution < 1.29 is 27.8 Å². The number of halogens is 3. The van der Waals surface area contributed by atoms with Gasteiger partial charge in [-0.2, -0.15) is 0 Å². The van der Waals surface area contributed by atoms with Crippen molar-refractivity contribution in [3.8, 4) is 5.75 Å². The van der Waals surface area contributed by atoms with Gasteiger partial charge in [0, 0.05) is 7.11 Å². The molecule has 0 fully saturated rings. The molecule has 1 heterocycles. The van der Waals surface area contributed by atoms with Crippen molar-refractivity contribution in [3.63, 3.8) is 0 Å². The van der Waals surface area contributed by atoms with E-state index in [1.807, 2.05) is 0 Å². The van der Waals surface area contributed by atoms with E-state index >= 15 is 0 Å². The molecule has 0 spiro atoms. The minimum absolute atomic E-state index is 0.0156. The van der Waals surface area contributed by atoms with Gasteiger partial charge in [-0.05, 0) is 18.2 Å². The van der Waals surface area contributed by atoms with Gasteiger partial charge in [0.15, 0.2) is 0 Å². The summed E-state index contributed by atoms with van der Waals surface area (Å²) in [5.41, 5.74) is -0.343. The van der Waals surface area contributed by atoms with E-state index in [-0.39, 0.29) is 24.1 Å². The number of aliphatic hydroxyl groups excluding tert-OH is 1. The van der Waals surface area contributed by atoms with Crippen molar-refractivity contribution in [3.05, 3.63) is 34.9 Å². The molecule has 0 aliphatic carbocycles. The first-order valence-corrected chi connectivity index (χ1v) is 6.22. The molecule has 1 aromatic carbocycles. The Bertz CT molecular complexity index is 714. The molecule has 2 aromatic rings. The van der Waals surface area contributed by atoms with Crippen LogP contribution in [-0.2, 0) is 11.3 Å². The predicted molar refractivity (Wildman–Crippen MR) is 70.6 cm³/mol. The maximum Gasteiger partial charge on any atom is 0.573 e. The number of aliphatic hydroxyl groups is 1. The van der Waals surface area contributed by atoms with E-state index in [4.69, 9.17) is 4.74 Å². The summed E-state index contributed by atoms with van der Waals surface area (Å²) in [4.78, 5) is 16.2. The minimum Gasteiger partial charge on any atom is -0.406 e. The van der Waals surface area contributed by atoms with Gasteiger partial charge < -0.3 is 14.6 Å². The van der Waals surface area contributed by atoms with Crippen LogP contribution in [0.5, 0.6) is 5.75 Å². The van der Waals surface area contributed by atoms with Gasteiger partial charge in [-0.25, -0.2) is 4.98 Å². The van der Waals surface area contributed by atoms with Crippen molar-refractivity contribution in [2.24, 2.45) is 0 Å². The molecule has 0 aliphatic heterocycles. The lowest BCUT2D eigenvalue weighted by molar-refractivity contribution is -0.274. The fourth-order valence-corrected chi connectivity index (χ4v) is 1.94. The molecule has 9 heteroatoms. The molecule has 2 rings (SSSR count). The lowest BCUT2D eigenvalue weighted by Gasteiger charge is -2.12. The number of alkyl halides is 3. The molecule has 0 saturated carbocycles. The summed E-state index contributed by atoms with van der Waals surface area (Å²) < 4.78 is 46.3. The molecular weight excluding hydrogens is 305 g/mol. The molecule has 0 saturated heterocycles. The molecule has 1 aromatic heterocycles. The highest BCUT2D eigenvalue weighted by Gasteiger charge is 2.31. The maximum absolute atomic E-state index is 12.2. The number of rotatable bonds is 5. The second-order valence-corrected chi connectivity index (χ2v) is 4.54. The molecule has 1 N–H and O–H groups in total. The SMILES string of the molecule is COC[C@H](O)Cn1cnc2ccc(OC(F)(F)F)cc2c1=O. The summed E-state index contributed by atoms with van der Waals surface area (Å²) in [6.45, 7) is -0.0678. The first-order valence-electron chi connectivity index (χ1n) is 6.22. The highest BCUT2D eigenvalue weighted by Crippen LogP contribution is 2.24. The number of hydrogen-bond acceptors (Lipinski definition) is 5. The summed E-state index contributed by atoms with van der Waals surface area (Å²) in [6.07, 6.45) is -4.56. The minimum atomic E-state index is -4.84. The highest BCUT2D eigenvalue weighted by molar-refractivity contribution is 5.78. The molecule has 120 valence electrons. The molecular formula is C13H13F3N2O4. The third-order valence-corrected chi connectivity index (χ3v) is 2.80. The van der Waals surface area contributed by atoms with Crippen LogP contribution in [-0.4, -0.2) is 40.8 Å². The first kappa shape index (κ1) is 16.2. The first-order chi connectivity index (χ1) is 10.3. The summed E-state index contributed by atoms with van der Waals surface area (Å²) >= 11 is 0. The van der Waals surface area contributed by atoms with E-state index in [0.29, 0.717) is 0 Å². The van der Waals surface area contributed by atoms with Crippen molar-refractivity contribution >= 4 is 10.9 Å². The lowest BCUT2D eigenvalue weighted by Crippen LogP contribution is -2.29. The summed E-state index contributed by atoms with van der Waals surface area (Å²) in [6, 6.07) is 3.30. The van der Waals surface area contributed by atoms with Gasteiger partial charge in [0.2, 0.25) is 0 Å². The molecule has 1 atom stereocenters. The number of methoxy groups -OCH3 is 1. The van der Waals surface area contributed by atoms with Gasteiger partial charge in [0.05, 0.1) is 36.5 Å². The Hall–Kier alpha value is -2.13. The fraction of sp³-hybridized carbons (Fsp3) is 0.385. The molecule has 0 unspecified atom stereocenters. The third-order valence-electron chi connectivity index (χ3n) is 2.80. The summed E-state index contributed by atoms with van der Waals surface area (Å²) in [5, 5.41) is 9.59. The van der Waals surface area contributed by atoms with Crippen LogP contribution in [0.3, 0.4) is 0 Å². The second-order valence-electron chi connectivity index (χ2n) is 4.54. The van der Waals surface area contributed by atoms with Crippen LogP contribution in [0.15, 0.2) is 29.3 Å². The monoisotopic (exact) mass is 318 g/mol. The van der Waals surface area contributed by atoms with E-state index < -0.39 is 23.8 Å². The molecule has 0 amide bonds. The number of benzene rings is 1. The normalized spacial score (nSPS) is 13.3. The van der Waals surface area contributed by atoms with E-state index in [1.165, 1.54) is 19.5 Å². The Morgan fingerprint density at radius 2 is 2.14 bits per heavy atom. The topological polar surface area (TPSA) is 73.6 Å². The maximum atomic E-state index is 12.2. The highest BCUT2D eigenvalue weighted by atomic mass is 19.4. The van der Waals surface area contributed by atoms with Crippen molar-refractivity contribution in [1.82, 2.24) is 9.55 Å². The summed E-state index contributed by atoms with van der Waals surface area (Å²) in [7, 11) is 1.39. The third kappa shape index (κ3) is 3.95. The Morgan fingerprint density at radius 1 is 1.41 bits per heavy atom. The zero-order chi connectivity index (χ0) is 16.3.